The number of phenolic OH excluding ortho intramolecular Hbond substituents is 1. The predicted molar refractivity (Wildman–Crippen MR) is 92.1 cm³/mol. The van der Waals surface area contributed by atoms with Gasteiger partial charge in [-0.1, -0.05) is 0 Å². The average Bonchev–Trinajstić information content (AvgIpc) is 2.63. The third kappa shape index (κ3) is 5.72. The molecule has 0 bridgehead atoms. The summed E-state index contributed by atoms with van der Waals surface area (Å²) < 4.78 is 88.4. The van der Waals surface area contributed by atoms with Gasteiger partial charge < -0.3 is 14.6 Å². The summed E-state index contributed by atoms with van der Waals surface area (Å²) in [6.45, 7) is 1.68. The number of benzene rings is 2. The minimum absolute atomic E-state index is 0.107. The Bertz CT molecular complexity index is 901. The molecule has 2 aromatic rings. The van der Waals surface area contributed by atoms with Crippen molar-refractivity contribution in [1.82, 2.24) is 0 Å². The van der Waals surface area contributed by atoms with Gasteiger partial charge in [-0.25, -0.2) is 8.78 Å². The van der Waals surface area contributed by atoms with E-state index >= 15 is 0 Å². The van der Waals surface area contributed by atoms with Gasteiger partial charge in [0.2, 0.25) is 5.82 Å². The van der Waals surface area contributed by atoms with Gasteiger partial charge in [0.05, 0.1) is 17.9 Å². The van der Waals surface area contributed by atoms with Crippen molar-refractivity contribution in [2.45, 2.75) is 24.6 Å². The van der Waals surface area contributed by atoms with Crippen molar-refractivity contribution in [2.24, 2.45) is 0 Å². The lowest BCUT2D eigenvalue weighted by atomic mass is 10.0. The molecule has 11 heteroatoms. The zero-order valence-corrected chi connectivity index (χ0v) is 15.6. The van der Waals surface area contributed by atoms with Gasteiger partial charge in [0.1, 0.15) is 0 Å². The van der Waals surface area contributed by atoms with E-state index in [1.165, 1.54) is 0 Å². The third-order valence-corrected chi connectivity index (χ3v) is 4.59. The SMILES string of the molecule is CCOC(=O)CCSc1c(-c2ccc(O)c(F)c2F)ccc(OC(F)(F)F)c1F. The highest BCUT2D eigenvalue weighted by Gasteiger charge is 2.33. The number of rotatable bonds is 7. The van der Waals surface area contributed by atoms with Gasteiger partial charge in [0.25, 0.3) is 0 Å². The Kier molecular flexibility index (Phi) is 7.28. The number of esters is 1. The maximum Gasteiger partial charge on any atom is 0.573 e. The number of aromatic hydroxyl groups is 1. The van der Waals surface area contributed by atoms with Crippen LogP contribution in [0.25, 0.3) is 11.1 Å². The summed E-state index contributed by atoms with van der Waals surface area (Å²) in [5.41, 5.74) is -0.765. The number of hydrogen-bond donors (Lipinski definition) is 1. The summed E-state index contributed by atoms with van der Waals surface area (Å²) in [5.74, 6) is -7.45. The second-order valence-corrected chi connectivity index (χ2v) is 6.57. The molecule has 2 rings (SSSR count). The maximum absolute atomic E-state index is 14.7. The van der Waals surface area contributed by atoms with Crippen LogP contribution in [0.4, 0.5) is 26.3 Å². The molecular weight excluding hydrogens is 426 g/mol. The van der Waals surface area contributed by atoms with Crippen LogP contribution >= 0.6 is 11.8 Å². The van der Waals surface area contributed by atoms with Crippen molar-refractivity contribution in [2.75, 3.05) is 12.4 Å². The Hall–Kier alpha value is -2.56. The van der Waals surface area contributed by atoms with Crippen LogP contribution in [0.5, 0.6) is 11.5 Å². The monoisotopic (exact) mass is 440 g/mol. The van der Waals surface area contributed by atoms with Crippen LogP contribution in [0, 0.1) is 17.5 Å². The first kappa shape index (κ1) is 22.7. The number of carbonyl (C=O) groups excluding carboxylic acids is 1. The van der Waals surface area contributed by atoms with E-state index in [0.29, 0.717) is 17.8 Å². The normalized spacial score (nSPS) is 11.4. The van der Waals surface area contributed by atoms with Gasteiger partial charge in [-0.05, 0) is 31.2 Å². The van der Waals surface area contributed by atoms with Gasteiger partial charge in [-0.15, -0.1) is 24.9 Å². The Morgan fingerprint density at radius 2 is 1.69 bits per heavy atom. The first-order valence-electron chi connectivity index (χ1n) is 8.09. The van der Waals surface area contributed by atoms with Crippen LogP contribution in [0.3, 0.4) is 0 Å². The van der Waals surface area contributed by atoms with Crippen molar-refractivity contribution in [1.29, 1.82) is 0 Å². The Labute approximate surface area is 165 Å². The van der Waals surface area contributed by atoms with E-state index < -0.39 is 51.7 Å². The number of ether oxygens (including phenoxy) is 2. The van der Waals surface area contributed by atoms with Crippen molar-refractivity contribution in [3.63, 3.8) is 0 Å². The second-order valence-electron chi connectivity index (χ2n) is 5.47. The molecule has 0 radical (unpaired) electrons. The molecule has 0 aromatic heterocycles. The first-order valence-corrected chi connectivity index (χ1v) is 9.07. The number of thioether (sulfide) groups is 1. The lowest BCUT2D eigenvalue weighted by Gasteiger charge is -2.16. The fourth-order valence-electron chi connectivity index (χ4n) is 2.31. The standard InChI is InChI=1S/C18H14F6O4S/c1-2-27-13(26)7-8-29-17-10(9-3-5-11(25)15(20)14(9)19)4-6-12(16(17)21)28-18(22,23)24/h3-6,25H,2,7-8H2,1H3. The number of hydrogen-bond acceptors (Lipinski definition) is 5. The van der Waals surface area contributed by atoms with Crippen LogP contribution in [0.15, 0.2) is 29.2 Å². The van der Waals surface area contributed by atoms with Gasteiger partial charge >= 0.3 is 12.3 Å². The minimum atomic E-state index is -5.18. The van der Waals surface area contributed by atoms with Crippen LogP contribution < -0.4 is 4.74 Å². The van der Waals surface area contributed by atoms with Gasteiger partial charge in [0.15, 0.2) is 23.1 Å². The molecule has 0 heterocycles. The quantitative estimate of drug-likeness (QED) is 0.354. The van der Waals surface area contributed by atoms with Crippen molar-refractivity contribution >= 4 is 17.7 Å². The van der Waals surface area contributed by atoms with E-state index in [1.54, 1.807) is 6.92 Å². The Morgan fingerprint density at radius 3 is 2.31 bits per heavy atom. The second kappa shape index (κ2) is 9.29. The molecule has 0 saturated heterocycles. The molecule has 0 aliphatic carbocycles. The molecule has 0 atom stereocenters. The minimum Gasteiger partial charge on any atom is -0.505 e. The number of halogens is 6. The predicted octanol–water partition coefficient (Wildman–Crippen LogP) is 5.42. The molecule has 158 valence electrons. The molecular formula is C18H14F6O4S. The first-order chi connectivity index (χ1) is 13.5. The molecule has 0 unspecified atom stereocenters. The van der Waals surface area contributed by atoms with E-state index in [9.17, 15) is 36.2 Å². The third-order valence-electron chi connectivity index (χ3n) is 3.50. The van der Waals surface area contributed by atoms with E-state index in [2.05, 4.69) is 4.74 Å². The highest BCUT2D eigenvalue weighted by molar-refractivity contribution is 7.99. The zero-order chi connectivity index (χ0) is 21.8. The van der Waals surface area contributed by atoms with Crippen LogP contribution in [-0.4, -0.2) is 29.8 Å². The molecule has 0 aliphatic rings. The molecule has 2 aromatic carbocycles. The molecule has 0 aliphatic heterocycles. The molecule has 0 fully saturated rings. The van der Waals surface area contributed by atoms with E-state index in [0.717, 1.165) is 18.2 Å². The summed E-state index contributed by atoms with van der Waals surface area (Å²) >= 11 is 0.607. The fraction of sp³-hybridized carbons (Fsp3) is 0.278. The number of carbonyl (C=O) groups is 1. The highest BCUT2D eigenvalue weighted by Crippen LogP contribution is 2.41. The lowest BCUT2D eigenvalue weighted by Crippen LogP contribution is -2.18. The summed E-state index contributed by atoms with van der Waals surface area (Å²) in [7, 11) is 0. The highest BCUT2D eigenvalue weighted by atomic mass is 32.2. The Balaban J connectivity index is 2.48. The maximum atomic E-state index is 14.7. The Morgan fingerprint density at radius 1 is 1.03 bits per heavy atom. The summed E-state index contributed by atoms with van der Waals surface area (Å²) in [6.07, 6.45) is -5.38. The number of alkyl halides is 3. The largest absolute Gasteiger partial charge is 0.573 e. The van der Waals surface area contributed by atoms with Gasteiger partial charge in [-0.2, -0.15) is 4.39 Å². The van der Waals surface area contributed by atoms with Crippen LogP contribution in [0.1, 0.15) is 13.3 Å². The fourth-order valence-corrected chi connectivity index (χ4v) is 3.35. The number of phenols is 1. The van der Waals surface area contributed by atoms with E-state index in [-0.39, 0.29) is 24.3 Å². The van der Waals surface area contributed by atoms with Crippen molar-refractivity contribution in [3.05, 3.63) is 41.7 Å². The van der Waals surface area contributed by atoms with Crippen LogP contribution in [-0.2, 0) is 9.53 Å². The lowest BCUT2D eigenvalue weighted by molar-refractivity contribution is -0.275. The van der Waals surface area contributed by atoms with E-state index in [4.69, 9.17) is 4.74 Å². The van der Waals surface area contributed by atoms with E-state index in [1.807, 2.05) is 0 Å². The van der Waals surface area contributed by atoms with Crippen LogP contribution in [0.2, 0.25) is 0 Å². The zero-order valence-electron chi connectivity index (χ0n) is 14.8. The summed E-state index contributed by atoms with van der Waals surface area (Å²) in [6, 6.07) is 3.31. The molecule has 29 heavy (non-hydrogen) atoms. The molecule has 1 N–H and O–H groups in total. The topological polar surface area (TPSA) is 55.8 Å². The smallest absolute Gasteiger partial charge is 0.505 e. The van der Waals surface area contributed by atoms with Crippen molar-refractivity contribution < 1.29 is 45.7 Å². The molecule has 0 amide bonds. The summed E-state index contributed by atoms with van der Waals surface area (Å²) in [4.78, 5) is 10.9. The van der Waals surface area contributed by atoms with Gasteiger partial charge in [0, 0.05) is 16.9 Å². The van der Waals surface area contributed by atoms with Gasteiger partial charge in [-0.3, -0.25) is 4.79 Å². The molecule has 0 spiro atoms. The molecule has 0 saturated carbocycles. The molecule has 4 nitrogen and oxygen atoms in total. The van der Waals surface area contributed by atoms with Crippen molar-refractivity contribution in [3.8, 4) is 22.6 Å². The average molecular weight is 440 g/mol. The summed E-state index contributed by atoms with van der Waals surface area (Å²) in [5, 5.41) is 9.23.